The molecule has 206 valence electrons. The zero-order valence-corrected chi connectivity index (χ0v) is 47.5. The first-order valence-corrected chi connectivity index (χ1v) is 10.8. The summed E-state index contributed by atoms with van der Waals surface area (Å²) in [5.41, 5.74) is 29.2. The van der Waals surface area contributed by atoms with Gasteiger partial charge in [0.2, 0.25) is 0 Å². The Morgan fingerprint density at radius 1 is 0.265 bits per heavy atom. The monoisotopic (exact) mass is 2270 g/mol. The molecule has 0 aliphatic heterocycles. The van der Waals surface area contributed by atoms with E-state index in [1.54, 1.807) is 0 Å². The summed E-state index contributed by atoms with van der Waals surface area (Å²) in [5.74, 6) is 0. The van der Waals surface area contributed by atoms with Crippen molar-refractivity contribution in [1.29, 1.82) is 0 Å². The van der Waals surface area contributed by atoms with Gasteiger partial charge in [-0.1, -0.05) is 25.7 Å². The number of unbranched alkanes of at least 4 members (excludes halogenated alkanes) is 5. The minimum atomic E-state index is 0. The molecule has 0 spiro atoms. The fourth-order valence-electron chi connectivity index (χ4n) is 3.18. The van der Waals surface area contributed by atoms with Crippen molar-refractivity contribution in [2.24, 2.45) is 0 Å². The molecule has 14 heteroatoms. The van der Waals surface area contributed by atoms with Gasteiger partial charge in [0.1, 0.15) is 0 Å². The SMILES string of the molecule is [NH-]CCCCN(CCCC[NH-])CCCCN(CCCC[NH-])CCCC[NH-].[Pu].[Pu].[Pu].[Pu].[Pu].[Pu].[Pu].[Pu]. The zero-order chi connectivity index (χ0) is 19.3. The molecule has 0 saturated heterocycles. The predicted molar refractivity (Wildman–Crippen MR) is 116 cm³/mol. The van der Waals surface area contributed by atoms with Crippen LogP contribution in [0.25, 0.3) is 22.9 Å². The molecule has 0 rings (SSSR count). The van der Waals surface area contributed by atoms with Gasteiger partial charge in [0, 0.05) is 233 Å². The van der Waals surface area contributed by atoms with E-state index in [0.29, 0.717) is 26.2 Å². The topological polar surface area (TPSA) is 102 Å². The standard InChI is InChI=1S/C20H44N6.8Pu/c21-11-1-5-15-25(16-6-2-12-22)19-9-10-20-26(17-7-3-13-23)18-8-4-14-24;;;;;;;;/h21-24H,1-20H2;;;;;;;;/q-4;;;;;;;;. The van der Waals surface area contributed by atoms with Gasteiger partial charge in [-0.3, -0.25) is 0 Å². The van der Waals surface area contributed by atoms with Crippen molar-refractivity contribution >= 4 is 0 Å². The summed E-state index contributed by atoms with van der Waals surface area (Å²) in [6.07, 6.45) is 10.9. The molecule has 0 unspecified atom stereocenters. The number of hydrogen-bond acceptors (Lipinski definition) is 2. The summed E-state index contributed by atoms with van der Waals surface area (Å²) in [5, 5.41) is 0. The van der Waals surface area contributed by atoms with Gasteiger partial charge in [0.05, 0.1) is 0 Å². The Labute approximate surface area is 387 Å². The van der Waals surface area contributed by atoms with Crippen LogP contribution < -0.4 is 0 Å². The molecule has 34 heavy (non-hydrogen) atoms. The molecule has 0 atom stereocenters. The third-order valence-corrected chi connectivity index (χ3v) is 4.80. The van der Waals surface area contributed by atoms with E-state index in [0.717, 1.165) is 90.6 Å². The fraction of sp³-hybridized carbons (Fsp3) is 1.00. The van der Waals surface area contributed by atoms with E-state index < -0.39 is 0 Å². The first-order valence-electron chi connectivity index (χ1n) is 10.8. The maximum atomic E-state index is 7.30. The predicted octanol–water partition coefficient (Wildman–Crippen LogP) is 5.70. The van der Waals surface area contributed by atoms with Crippen LogP contribution in [-0.2, 0) is 0 Å². The van der Waals surface area contributed by atoms with E-state index in [2.05, 4.69) is 9.80 Å². The molecule has 0 aliphatic carbocycles. The Bertz CT molecular complexity index is 245. The molecular weight excluding hydrogens is 2280 g/mol. The average Bonchev–Trinajstić information content (AvgIpc) is 2.64. The molecule has 4 N–H and O–H groups in total. The van der Waals surface area contributed by atoms with E-state index in [-0.39, 0.29) is 233 Å². The first kappa shape index (κ1) is 64.6. The van der Waals surface area contributed by atoms with Crippen LogP contribution in [0.5, 0.6) is 0 Å². The van der Waals surface area contributed by atoms with Gasteiger partial charge < -0.3 is 32.7 Å². The van der Waals surface area contributed by atoms with E-state index in [1.165, 1.54) is 12.8 Å². The Morgan fingerprint density at radius 2 is 0.412 bits per heavy atom. The van der Waals surface area contributed by atoms with Gasteiger partial charge in [-0.2, -0.15) is 26.2 Å². The van der Waals surface area contributed by atoms with Crippen LogP contribution in [0, 0.1) is 233 Å². The molecule has 6 nitrogen and oxygen atoms in total. The van der Waals surface area contributed by atoms with E-state index in [9.17, 15) is 0 Å². The second-order valence-electron chi connectivity index (χ2n) is 7.22. The van der Waals surface area contributed by atoms with Crippen molar-refractivity contribution in [1.82, 2.24) is 9.80 Å². The normalized spacial score (nSPS) is 9.00. The van der Waals surface area contributed by atoms with Crippen molar-refractivity contribution in [2.75, 3.05) is 65.4 Å². The Morgan fingerprint density at radius 3 is 0.559 bits per heavy atom. The molecule has 0 aliphatic rings. The van der Waals surface area contributed by atoms with Crippen molar-refractivity contribution in [3.63, 3.8) is 0 Å². The fourth-order valence-corrected chi connectivity index (χ4v) is 3.18. The van der Waals surface area contributed by atoms with Gasteiger partial charge in [-0.05, 0) is 77.8 Å². The molecular formula is C20H44N6Pu8-4. The number of nitrogens with one attached hydrogen (secondary N) is 4. The molecule has 0 heterocycles. The third-order valence-electron chi connectivity index (χ3n) is 4.80. The summed E-state index contributed by atoms with van der Waals surface area (Å²) in [6.45, 7) is 8.84. The van der Waals surface area contributed by atoms with Crippen molar-refractivity contribution < 1.29 is 233 Å². The van der Waals surface area contributed by atoms with E-state index >= 15 is 0 Å². The van der Waals surface area contributed by atoms with Crippen molar-refractivity contribution in [3.05, 3.63) is 22.9 Å². The van der Waals surface area contributed by atoms with Gasteiger partial charge in [-0.15, -0.1) is 0 Å². The Balaban J connectivity index is -0.000000112. The minimum absolute atomic E-state index is 0. The van der Waals surface area contributed by atoms with Crippen molar-refractivity contribution in [3.8, 4) is 0 Å². The maximum Gasteiger partial charge on any atom is 0 e. The van der Waals surface area contributed by atoms with Crippen LogP contribution in [0.2, 0.25) is 0 Å². The molecule has 0 saturated carbocycles. The van der Waals surface area contributed by atoms with Crippen LogP contribution >= 0.6 is 0 Å². The summed E-state index contributed by atoms with van der Waals surface area (Å²) < 4.78 is 0. The largest absolute Gasteiger partial charge is 0.677 e. The number of nitrogens with zero attached hydrogens (tertiary/aromatic N) is 2. The third kappa shape index (κ3) is 49.3. The van der Waals surface area contributed by atoms with Crippen molar-refractivity contribution in [2.45, 2.75) is 64.2 Å². The van der Waals surface area contributed by atoms with Gasteiger partial charge >= 0.3 is 0 Å². The molecule has 0 aromatic heterocycles. The molecule has 0 bridgehead atoms. The Hall–Kier alpha value is 7.66. The number of hydrogen-bond donors (Lipinski definition) is 0. The molecule has 0 aromatic carbocycles. The summed E-state index contributed by atoms with van der Waals surface area (Å²) in [7, 11) is 0. The summed E-state index contributed by atoms with van der Waals surface area (Å²) >= 11 is 0. The van der Waals surface area contributed by atoms with E-state index in [4.69, 9.17) is 22.9 Å². The van der Waals surface area contributed by atoms with Crippen LogP contribution in [0.15, 0.2) is 0 Å². The average molecular weight is 2320 g/mol. The van der Waals surface area contributed by atoms with Crippen LogP contribution in [0.4, 0.5) is 0 Å². The van der Waals surface area contributed by atoms with Gasteiger partial charge in [0.15, 0.2) is 0 Å². The van der Waals surface area contributed by atoms with Crippen LogP contribution in [-0.4, -0.2) is 75.2 Å². The summed E-state index contributed by atoms with van der Waals surface area (Å²) in [6, 6.07) is 0. The Kier molecular flexibility index (Phi) is 107. The maximum absolute atomic E-state index is 7.30. The molecule has 0 amide bonds. The summed E-state index contributed by atoms with van der Waals surface area (Å²) in [4.78, 5) is 5.08. The smallest absolute Gasteiger partial charge is 0 e. The van der Waals surface area contributed by atoms with Crippen LogP contribution in [0.1, 0.15) is 64.2 Å². The minimum Gasteiger partial charge on any atom is -0.677 e. The first-order chi connectivity index (χ1) is 12.8. The quantitative estimate of drug-likeness (QED) is 0.138. The van der Waals surface area contributed by atoms with E-state index in [1.807, 2.05) is 0 Å². The second kappa shape index (κ2) is 56.4. The molecule has 0 aromatic rings. The van der Waals surface area contributed by atoms with Gasteiger partial charge in [0.25, 0.3) is 0 Å². The number of rotatable bonds is 21. The second-order valence-corrected chi connectivity index (χ2v) is 7.22. The van der Waals surface area contributed by atoms with Gasteiger partial charge in [-0.25, -0.2) is 0 Å². The molecule has 0 radical (unpaired) electrons. The zero-order valence-electron chi connectivity index (χ0n) is 20.3. The molecule has 0 fully saturated rings. The van der Waals surface area contributed by atoms with Crippen LogP contribution in [0.3, 0.4) is 0 Å².